The van der Waals surface area contributed by atoms with Crippen molar-refractivity contribution < 1.29 is 9.21 Å². The summed E-state index contributed by atoms with van der Waals surface area (Å²) in [6.45, 7) is 2.08. The van der Waals surface area contributed by atoms with Crippen LogP contribution in [0.1, 0.15) is 23.6 Å². The Hall–Kier alpha value is -2.77. The molecule has 4 nitrogen and oxygen atoms in total. The van der Waals surface area contributed by atoms with Crippen LogP contribution in [0.15, 0.2) is 47.1 Å². The van der Waals surface area contributed by atoms with Gasteiger partial charge in [0.2, 0.25) is 5.91 Å². The fourth-order valence-corrected chi connectivity index (χ4v) is 2.77. The summed E-state index contributed by atoms with van der Waals surface area (Å²) in [6, 6.07) is 12.8. The molecule has 1 aromatic heterocycles. The first kappa shape index (κ1) is 16.1. The molecule has 0 aliphatic rings. The number of hydrogen-bond acceptors (Lipinski definition) is 3. The lowest BCUT2D eigenvalue weighted by Crippen LogP contribution is -2.14. The minimum absolute atomic E-state index is 0.168. The van der Waals surface area contributed by atoms with Gasteiger partial charge in [0.1, 0.15) is 11.7 Å². The Bertz CT molecular complexity index is 954. The van der Waals surface area contributed by atoms with Gasteiger partial charge >= 0.3 is 0 Å². The molecule has 1 amide bonds. The molecule has 24 heavy (non-hydrogen) atoms. The van der Waals surface area contributed by atoms with Crippen LogP contribution in [0.5, 0.6) is 0 Å². The predicted octanol–water partition coefficient (Wildman–Crippen LogP) is 4.70. The van der Waals surface area contributed by atoms with Crippen molar-refractivity contribution in [1.82, 2.24) is 0 Å². The zero-order valence-corrected chi connectivity index (χ0v) is 13.9. The number of aryl methyl sites for hydroxylation is 1. The van der Waals surface area contributed by atoms with Crippen molar-refractivity contribution in [3.05, 3.63) is 64.4 Å². The van der Waals surface area contributed by atoms with Crippen molar-refractivity contribution in [3.8, 4) is 6.07 Å². The summed E-state index contributed by atoms with van der Waals surface area (Å²) in [4.78, 5) is 12.3. The molecule has 1 heterocycles. The number of rotatable bonds is 4. The fraction of sp³-hybridized carbons (Fsp3) is 0.158. The van der Waals surface area contributed by atoms with Gasteiger partial charge in [-0.15, -0.1) is 0 Å². The number of nitriles is 1. The Morgan fingerprint density at radius 1 is 1.29 bits per heavy atom. The average molecular weight is 339 g/mol. The third kappa shape index (κ3) is 3.27. The molecule has 0 aliphatic heterocycles. The van der Waals surface area contributed by atoms with Crippen LogP contribution in [0.4, 0.5) is 5.69 Å². The van der Waals surface area contributed by atoms with Crippen LogP contribution in [-0.4, -0.2) is 5.91 Å². The summed E-state index contributed by atoms with van der Waals surface area (Å²) in [6.07, 6.45) is 2.76. The SMILES string of the molecule is CCc1ccc2c(CC(=O)Nc3ccc(C#N)c(Cl)c3)coc2c1. The molecule has 0 radical (unpaired) electrons. The fourth-order valence-electron chi connectivity index (χ4n) is 2.55. The highest BCUT2D eigenvalue weighted by Gasteiger charge is 2.12. The van der Waals surface area contributed by atoms with Crippen LogP contribution >= 0.6 is 11.6 Å². The van der Waals surface area contributed by atoms with E-state index in [1.54, 1.807) is 24.5 Å². The predicted molar refractivity (Wildman–Crippen MR) is 94.1 cm³/mol. The molecular formula is C19H15ClN2O2. The lowest BCUT2D eigenvalue weighted by atomic mass is 10.1. The van der Waals surface area contributed by atoms with Gasteiger partial charge in [-0.2, -0.15) is 5.26 Å². The molecule has 0 unspecified atom stereocenters. The second-order valence-electron chi connectivity index (χ2n) is 5.48. The second-order valence-corrected chi connectivity index (χ2v) is 5.88. The van der Waals surface area contributed by atoms with E-state index in [0.717, 1.165) is 23.0 Å². The lowest BCUT2D eigenvalue weighted by molar-refractivity contribution is -0.115. The molecule has 1 N–H and O–H groups in total. The Kier molecular flexibility index (Phi) is 4.54. The number of anilines is 1. The molecule has 3 aromatic rings. The number of benzene rings is 2. The number of hydrogen-bond donors (Lipinski definition) is 1. The van der Waals surface area contributed by atoms with Crippen molar-refractivity contribution in [2.45, 2.75) is 19.8 Å². The zero-order chi connectivity index (χ0) is 17.1. The Morgan fingerprint density at radius 2 is 2.12 bits per heavy atom. The van der Waals surface area contributed by atoms with E-state index in [2.05, 4.69) is 12.2 Å². The first-order valence-electron chi connectivity index (χ1n) is 7.59. The highest BCUT2D eigenvalue weighted by Crippen LogP contribution is 2.24. The van der Waals surface area contributed by atoms with Crippen molar-refractivity contribution in [3.63, 3.8) is 0 Å². The quantitative estimate of drug-likeness (QED) is 0.749. The number of nitrogens with zero attached hydrogens (tertiary/aromatic N) is 1. The number of halogens is 1. The van der Waals surface area contributed by atoms with E-state index >= 15 is 0 Å². The van der Waals surface area contributed by atoms with Gasteiger partial charge in [0.25, 0.3) is 0 Å². The number of furan rings is 1. The smallest absolute Gasteiger partial charge is 0.228 e. The molecule has 5 heteroatoms. The van der Waals surface area contributed by atoms with Crippen LogP contribution < -0.4 is 5.32 Å². The van der Waals surface area contributed by atoms with Gasteiger partial charge < -0.3 is 9.73 Å². The number of fused-ring (bicyclic) bond motifs is 1. The normalized spacial score (nSPS) is 10.5. The maximum absolute atomic E-state index is 12.3. The summed E-state index contributed by atoms with van der Waals surface area (Å²) >= 11 is 5.97. The monoisotopic (exact) mass is 338 g/mol. The third-order valence-corrected chi connectivity index (χ3v) is 4.17. The van der Waals surface area contributed by atoms with Crippen molar-refractivity contribution in [2.75, 3.05) is 5.32 Å². The van der Waals surface area contributed by atoms with E-state index in [0.29, 0.717) is 16.3 Å². The maximum Gasteiger partial charge on any atom is 0.228 e. The Morgan fingerprint density at radius 3 is 2.83 bits per heavy atom. The van der Waals surface area contributed by atoms with Gasteiger partial charge in [0.15, 0.2) is 0 Å². The average Bonchev–Trinajstić information content (AvgIpc) is 2.97. The molecular weight excluding hydrogens is 324 g/mol. The number of carbonyl (C=O) groups excluding carboxylic acids is 1. The molecule has 3 rings (SSSR count). The topological polar surface area (TPSA) is 66.0 Å². The van der Waals surface area contributed by atoms with E-state index in [-0.39, 0.29) is 12.3 Å². The van der Waals surface area contributed by atoms with Gasteiger partial charge in [-0.25, -0.2) is 0 Å². The molecule has 120 valence electrons. The van der Waals surface area contributed by atoms with Gasteiger partial charge in [0, 0.05) is 16.6 Å². The van der Waals surface area contributed by atoms with E-state index in [9.17, 15) is 4.79 Å². The molecule has 0 bridgehead atoms. The highest BCUT2D eigenvalue weighted by atomic mass is 35.5. The molecule has 0 saturated carbocycles. The van der Waals surface area contributed by atoms with Crippen LogP contribution in [0.3, 0.4) is 0 Å². The van der Waals surface area contributed by atoms with Crippen molar-refractivity contribution >= 4 is 34.2 Å². The number of nitrogens with one attached hydrogen (secondary N) is 1. The van der Waals surface area contributed by atoms with Gasteiger partial charge in [-0.1, -0.05) is 30.7 Å². The van der Waals surface area contributed by atoms with Gasteiger partial charge in [-0.05, 0) is 36.2 Å². The summed E-state index contributed by atoms with van der Waals surface area (Å²) in [7, 11) is 0. The number of carbonyl (C=O) groups is 1. The maximum atomic E-state index is 12.3. The molecule has 0 aliphatic carbocycles. The van der Waals surface area contributed by atoms with Gasteiger partial charge in [0.05, 0.1) is 23.3 Å². The molecule has 0 atom stereocenters. The molecule has 0 spiro atoms. The summed E-state index contributed by atoms with van der Waals surface area (Å²) in [5, 5.41) is 12.9. The summed E-state index contributed by atoms with van der Waals surface area (Å²) in [5.41, 5.74) is 3.76. The Balaban J connectivity index is 1.75. The van der Waals surface area contributed by atoms with E-state index in [1.807, 2.05) is 24.3 Å². The van der Waals surface area contributed by atoms with E-state index in [1.165, 1.54) is 5.56 Å². The highest BCUT2D eigenvalue weighted by molar-refractivity contribution is 6.32. The molecule has 0 saturated heterocycles. The number of amides is 1. The third-order valence-electron chi connectivity index (χ3n) is 3.85. The van der Waals surface area contributed by atoms with E-state index in [4.69, 9.17) is 21.3 Å². The standard InChI is InChI=1S/C19H15ClN2O2/c1-2-12-3-6-16-14(11-24-18(16)7-12)8-19(23)22-15-5-4-13(10-21)17(20)9-15/h3-7,9,11H,2,8H2,1H3,(H,22,23). The van der Waals surface area contributed by atoms with Crippen molar-refractivity contribution in [2.24, 2.45) is 0 Å². The molecule has 2 aromatic carbocycles. The summed E-state index contributed by atoms with van der Waals surface area (Å²) in [5.74, 6) is -0.168. The van der Waals surface area contributed by atoms with Crippen LogP contribution in [0.2, 0.25) is 5.02 Å². The largest absolute Gasteiger partial charge is 0.464 e. The molecule has 0 fully saturated rings. The van der Waals surface area contributed by atoms with Crippen molar-refractivity contribution in [1.29, 1.82) is 5.26 Å². The first-order valence-corrected chi connectivity index (χ1v) is 7.97. The minimum Gasteiger partial charge on any atom is -0.464 e. The minimum atomic E-state index is -0.168. The first-order chi connectivity index (χ1) is 11.6. The zero-order valence-electron chi connectivity index (χ0n) is 13.1. The lowest BCUT2D eigenvalue weighted by Gasteiger charge is -2.06. The van der Waals surface area contributed by atoms with Gasteiger partial charge in [-0.3, -0.25) is 4.79 Å². The van der Waals surface area contributed by atoms with Crippen LogP contribution in [0, 0.1) is 11.3 Å². The second kappa shape index (κ2) is 6.77. The summed E-state index contributed by atoms with van der Waals surface area (Å²) < 4.78 is 5.55. The Labute approximate surface area is 144 Å². The van der Waals surface area contributed by atoms with Crippen LogP contribution in [-0.2, 0) is 17.6 Å². The van der Waals surface area contributed by atoms with Crippen LogP contribution in [0.25, 0.3) is 11.0 Å². The van der Waals surface area contributed by atoms with E-state index < -0.39 is 0 Å².